The molecule has 0 N–H and O–H groups in total. The van der Waals surface area contributed by atoms with E-state index in [2.05, 4.69) is 30.9 Å². The van der Waals surface area contributed by atoms with Crippen LogP contribution in [0.2, 0.25) is 0 Å². The molecule has 0 saturated carbocycles. The van der Waals surface area contributed by atoms with Crippen LogP contribution in [0.25, 0.3) is 0 Å². The van der Waals surface area contributed by atoms with Crippen molar-refractivity contribution in [2.45, 2.75) is 20.3 Å². The summed E-state index contributed by atoms with van der Waals surface area (Å²) in [6, 6.07) is 1.77. The molecule has 0 amide bonds. The van der Waals surface area contributed by atoms with Gasteiger partial charge in [-0.15, -0.1) is 11.3 Å². The molecule has 6 heteroatoms. The number of halogens is 1. The topological polar surface area (TPSA) is 47.9 Å². The Morgan fingerprint density at radius 1 is 1.35 bits per heavy atom. The molecule has 2 aromatic heterocycles. The van der Waals surface area contributed by atoms with Crippen LogP contribution in [0.1, 0.15) is 16.4 Å². The molecule has 17 heavy (non-hydrogen) atoms. The molecular formula is C11H12BrN3OS. The molecule has 0 spiro atoms. The van der Waals surface area contributed by atoms with Crippen molar-refractivity contribution < 1.29 is 4.74 Å². The average molecular weight is 314 g/mol. The molecule has 0 aliphatic carbocycles. The molecule has 90 valence electrons. The minimum atomic E-state index is 0.603. The Labute approximate surface area is 112 Å². The predicted molar refractivity (Wildman–Crippen MR) is 70.5 cm³/mol. The van der Waals surface area contributed by atoms with E-state index in [0.717, 1.165) is 16.7 Å². The largest absolute Gasteiger partial charge is 0.477 e. The molecule has 0 radical (unpaired) electrons. The van der Waals surface area contributed by atoms with Crippen LogP contribution in [-0.2, 0) is 6.42 Å². The summed E-state index contributed by atoms with van der Waals surface area (Å²) in [5.41, 5.74) is 2.94. The molecule has 0 aromatic carbocycles. The van der Waals surface area contributed by atoms with Crippen molar-refractivity contribution in [3.63, 3.8) is 0 Å². The van der Waals surface area contributed by atoms with Crippen LogP contribution >= 0.6 is 27.3 Å². The van der Waals surface area contributed by atoms with Crippen molar-refractivity contribution in [3.05, 3.63) is 32.6 Å². The Bertz CT molecular complexity index is 495. The van der Waals surface area contributed by atoms with Gasteiger partial charge in [-0.05, 0) is 29.8 Å². The number of thiazole rings is 1. The lowest BCUT2D eigenvalue weighted by molar-refractivity contribution is 0.308. The summed E-state index contributed by atoms with van der Waals surface area (Å²) in [5.74, 6) is 1.30. The van der Waals surface area contributed by atoms with Crippen LogP contribution in [0.4, 0.5) is 0 Å². The first-order chi connectivity index (χ1) is 8.15. The Balaban J connectivity index is 1.92. The molecule has 0 bridgehead atoms. The first-order valence-electron chi connectivity index (χ1n) is 5.18. The third-order valence-corrected chi connectivity index (χ3v) is 3.61. The summed E-state index contributed by atoms with van der Waals surface area (Å²) in [7, 11) is 0. The number of nitrogens with zero attached hydrogens (tertiary/aromatic N) is 3. The highest BCUT2D eigenvalue weighted by Crippen LogP contribution is 2.16. The maximum atomic E-state index is 5.59. The van der Waals surface area contributed by atoms with Crippen LogP contribution in [0.3, 0.4) is 0 Å². The molecule has 2 heterocycles. The van der Waals surface area contributed by atoms with E-state index in [1.807, 2.05) is 19.4 Å². The second-order valence-corrected chi connectivity index (χ2v) is 5.29. The minimum Gasteiger partial charge on any atom is -0.477 e. The van der Waals surface area contributed by atoms with Gasteiger partial charge in [-0.2, -0.15) is 4.98 Å². The van der Waals surface area contributed by atoms with E-state index in [9.17, 15) is 0 Å². The SMILES string of the molecule is Cc1nc(Br)cc(OCCc2scnc2C)n1. The Hall–Kier alpha value is -1.01. The van der Waals surface area contributed by atoms with Crippen LogP contribution in [0.15, 0.2) is 16.2 Å². The maximum absolute atomic E-state index is 5.59. The first-order valence-corrected chi connectivity index (χ1v) is 6.85. The lowest BCUT2D eigenvalue weighted by atomic mass is 10.3. The quantitative estimate of drug-likeness (QED) is 0.814. The summed E-state index contributed by atoms with van der Waals surface area (Å²) in [6.07, 6.45) is 0.858. The third kappa shape index (κ3) is 3.47. The molecule has 2 aromatic rings. The van der Waals surface area contributed by atoms with Crippen molar-refractivity contribution in [3.8, 4) is 5.88 Å². The molecule has 0 unspecified atom stereocenters. The van der Waals surface area contributed by atoms with E-state index in [4.69, 9.17) is 4.74 Å². The summed E-state index contributed by atoms with van der Waals surface area (Å²) in [4.78, 5) is 13.8. The van der Waals surface area contributed by atoms with E-state index in [1.54, 1.807) is 17.4 Å². The number of rotatable bonds is 4. The molecule has 4 nitrogen and oxygen atoms in total. The van der Waals surface area contributed by atoms with Crippen LogP contribution in [0.5, 0.6) is 5.88 Å². The van der Waals surface area contributed by atoms with Gasteiger partial charge >= 0.3 is 0 Å². The second kappa shape index (κ2) is 5.55. The molecule has 2 rings (SSSR count). The maximum Gasteiger partial charge on any atom is 0.217 e. The molecular weight excluding hydrogens is 302 g/mol. The number of ether oxygens (including phenoxy) is 1. The van der Waals surface area contributed by atoms with Crippen molar-refractivity contribution >= 4 is 27.3 Å². The highest BCUT2D eigenvalue weighted by Gasteiger charge is 2.04. The average Bonchev–Trinajstić information content (AvgIpc) is 2.63. The Kier molecular flexibility index (Phi) is 4.06. The predicted octanol–water partition coefficient (Wildman–Crippen LogP) is 2.93. The van der Waals surface area contributed by atoms with Crippen LogP contribution in [-0.4, -0.2) is 21.6 Å². The molecule has 0 aliphatic heterocycles. The number of hydrogen-bond acceptors (Lipinski definition) is 5. The Morgan fingerprint density at radius 3 is 2.82 bits per heavy atom. The fourth-order valence-corrected chi connectivity index (χ4v) is 2.61. The zero-order valence-corrected chi connectivity index (χ0v) is 12.0. The van der Waals surface area contributed by atoms with Crippen molar-refractivity contribution in [1.29, 1.82) is 0 Å². The lowest BCUT2D eigenvalue weighted by Crippen LogP contribution is -2.03. The highest BCUT2D eigenvalue weighted by molar-refractivity contribution is 9.10. The molecule has 0 fully saturated rings. The lowest BCUT2D eigenvalue weighted by Gasteiger charge is -2.05. The van der Waals surface area contributed by atoms with Gasteiger partial charge in [0.15, 0.2) is 0 Å². The number of aromatic nitrogens is 3. The summed E-state index contributed by atoms with van der Waals surface area (Å²) in [6.45, 7) is 4.45. The normalized spacial score (nSPS) is 10.5. The van der Waals surface area contributed by atoms with E-state index >= 15 is 0 Å². The van der Waals surface area contributed by atoms with Gasteiger partial charge in [0.2, 0.25) is 5.88 Å². The summed E-state index contributed by atoms with van der Waals surface area (Å²) < 4.78 is 6.34. The van der Waals surface area contributed by atoms with Crippen LogP contribution in [0, 0.1) is 13.8 Å². The van der Waals surface area contributed by atoms with Crippen LogP contribution < -0.4 is 4.74 Å². The van der Waals surface area contributed by atoms with Gasteiger partial charge in [0.1, 0.15) is 10.4 Å². The van der Waals surface area contributed by atoms with E-state index in [1.165, 1.54) is 4.88 Å². The van der Waals surface area contributed by atoms with Crippen molar-refractivity contribution in [1.82, 2.24) is 15.0 Å². The smallest absolute Gasteiger partial charge is 0.217 e. The van der Waals surface area contributed by atoms with E-state index in [0.29, 0.717) is 18.3 Å². The van der Waals surface area contributed by atoms with Crippen molar-refractivity contribution in [2.24, 2.45) is 0 Å². The third-order valence-electron chi connectivity index (χ3n) is 2.21. The van der Waals surface area contributed by atoms with Gasteiger partial charge in [0, 0.05) is 17.4 Å². The minimum absolute atomic E-state index is 0.603. The Morgan fingerprint density at radius 2 is 2.18 bits per heavy atom. The zero-order chi connectivity index (χ0) is 12.3. The summed E-state index contributed by atoms with van der Waals surface area (Å²) in [5, 5.41) is 0. The summed E-state index contributed by atoms with van der Waals surface area (Å²) >= 11 is 4.97. The van der Waals surface area contributed by atoms with Gasteiger partial charge in [-0.25, -0.2) is 9.97 Å². The molecule has 0 atom stereocenters. The molecule has 0 aliphatic rings. The number of hydrogen-bond donors (Lipinski definition) is 0. The highest BCUT2D eigenvalue weighted by atomic mass is 79.9. The van der Waals surface area contributed by atoms with Crippen molar-refractivity contribution in [2.75, 3.05) is 6.61 Å². The van der Waals surface area contributed by atoms with Gasteiger partial charge < -0.3 is 4.74 Å². The van der Waals surface area contributed by atoms with Gasteiger partial charge in [-0.3, -0.25) is 0 Å². The monoisotopic (exact) mass is 313 g/mol. The fourth-order valence-electron chi connectivity index (χ4n) is 1.39. The standard InChI is InChI=1S/C11H12BrN3OS/c1-7-9(17-6-13-7)3-4-16-11-5-10(12)14-8(2)15-11/h5-6H,3-4H2,1-2H3. The first kappa shape index (κ1) is 12.4. The van der Waals surface area contributed by atoms with Gasteiger partial charge in [0.05, 0.1) is 17.8 Å². The van der Waals surface area contributed by atoms with Gasteiger partial charge in [0.25, 0.3) is 0 Å². The molecule has 0 saturated heterocycles. The zero-order valence-electron chi connectivity index (χ0n) is 9.61. The second-order valence-electron chi connectivity index (χ2n) is 3.54. The van der Waals surface area contributed by atoms with Gasteiger partial charge in [-0.1, -0.05) is 0 Å². The van der Waals surface area contributed by atoms with E-state index < -0.39 is 0 Å². The number of aryl methyl sites for hydroxylation is 2. The fraction of sp³-hybridized carbons (Fsp3) is 0.364. The van der Waals surface area contributed by atoms with E-state index in [-0.39, 0.29) is 0 Å².